The van der Waals surface area contributed by atoms with E-state index in [1.54, 1.807) is 6.26 Å². The Morgan fingerprint density at radius 3 is 2.52 bits per heavy atom. The lowest BCUT2D eigenvalue weighted by Gasteiger charge is -2.36. The molecule has 1 aliphatic heterocycles. The van der Waals surface area contributed by atoms with Crippen molar-refractivity contribution in [3.8, 4) is 0 Å². The van der Waals surface area contributed by atoms with Gasteiger partial charge in [-0.15, -0.1) is 0 Å². The van der Waals surface area contributed by atoms with Crippen LogP contribution in [0.3, 0.4) is 0 Å². The predicted octanol–water partition coefficient (Wildman–Crippen LogP) is 3.44. The first-order valence-corrected chi connectivity index (χ1v) is 9.90. The summed E-state index contributed by atoms with van der Waals surface area (Å²) in [4.78, 5) is 18.9. The van der Waals surface area contributed by atoms with Gasteiger partial charge in [-0.3, -0.25) is 0 Å². The number of anilines is 1. The van der Waals surface area contributed by atoms with Crippen molar-refractivity contribution >= 4 is 22.8 Å². The highest BCUT2D eigenvalue weighted by Gasteiger charge is 2.22. The molecule has 3 heterocycles. The molecule has 1 fully saturated rings. The van der Waals surface area contributed by atoms with Crippen LogP contribution in [0.4, 0.5) is 10.6 Å². The summed E-state index contributed by atoms with van der Waals surface area (Å²) in [6, 6.07) is 11.6. The van der Waals surface area contributed by atoms with Crippen LogP contribution >= 0.6 is 0 Å². The number of amides is 2. The molecule has 7 heteroatoms. The molecule has 0 radical (unpaired) electrons. The van der Waals surface area contributed by atoms with Gasteiger partial charge in [0.1, 0.15) is 11.4 Å². The van der Waals surface area contributed by atoms with Gasteiger partial charge in [-0.2, -0.15) is 0 Å². The largest absolute Gasteiger partial charge is 0.464 e. The summed E-state index contributed by atoms with van der Waals surface area (Å²) >= 11 is 0. The van der Waals surface area contributed by atoms with Gasteiger partial charge in [0.05, 0.1) is 18.5 Å². The van der Waals surface area contributed by atoms with Crippen molar-refractivity contribution < 1.29 is 13.9 Å². The normalized spacial score (nSPS) is 19.3. The molecule has 2 unspecified atom stereocenters. The quantitative estimate of drug-likeness (QED) is 0.693. The Balaban J connectivity index is 1.25. The zero-order valence-corrected chi connectivity index (χ0v) is 16.7. The third kappa shape index (κ3) is 4.86. The van der Waals surface area contributed by atoms with E-state index in [9.17, 15) is 4.79 Å². The third-order valence-electron chi connectivity index (χ3n) is 4.98. The molecule has 0 saturated carbocycles. The molecular weight excluding hydrogens is 368 g/mol. The monoisotopic (exact) mass is 394 g/mol. The van der Waals surface area contributed by atoms with Crippen molar-refractivity contribution in [2.24, 2.45) is 0 Å². The average molecular weight is 394 g/mol. The van der Waals surface area contributed by atoms with E-state index < -0.39 is 0 Å². The van der Waals surface area contributed by atoms with Crippen LogP contribution in [0.5, 0.6) is 0 Å². The molecule has 4 rings (SSSR count). The van der Waals surface area contributed by atoms with Gasteiger partial charge in [-0.1, -0.05) is 12.1 Å². The number of morpholine rings is 1. The van der Waals surface area contributed by atoms with Gasteiger partial charge in [-0.05, 0) is 49.2 Å². The summed E-state index contributed by atoms with van der Waals surface area (Å²) in [7, 11) is 0. The molecule has 2 atom stereocenters. The first kappa shape index (κ1) is 19.3. The lowest BCUT2D eigenvalue weighted by Crippen LogP contribution is -2.45. The molecular formula is C22H26N4O3. The molecule has 152 valence electrons. The summed E-state index contributed by atoms with van der Waals surface area (Å²) in [6.45, 7) is 6.71. The molecule has 0 spiro atoms. The second-order valence-electron chi connectivity index (χ2n) is 7.52. The Kier molecular flexibility index (Phi) is 5.67. The Hall–Kier alpha value is -3.06. The Bertz CT molecular complexity index is 960. The van der Waals surface area contributed by atoms with Crippen molar-refractivity contribution in [3.05, 3.63) is 60.0 Å². The summed E-state index contributed by atoms with van der Waals surface area (Å²) in [5.41, 5.74) is 2.82. The number of hydrogen-bond acceptors (Lipinski definition) is 5. The Labute approximate surface area is 170 Å². The van der Waals surface area contributed by atoms with Crippen LogP contribution in [0.1, 0.15) is 25.0 Å². The molecule has 1 aromatic carbocycles. The molecule has 0 bridgehead atoms. The standard InChI is InChI=1S/C22H26N4O3/c1-15-13-26(14-16(2)29-15)21-6-4-18(11-23-21)12-25-22(27)24-10-17-3-5-20-19(9-17)7-8-28-20/h3-9,11,15-16H,10,12-14H2,1-2H3,(H2,24,25,27). The van der Waals surface area contributed by atoms with Crippen molar-refractivity contribution in [1.29, 1.82) is 0 Å². The number of carbonyl (C=O) groups excluding carboxylic acids is 1. The molecule has 3 aromatic rings. The summed E-state index contributed by atoms with van der Waals surface area (Å²) < 4.78 is 11.1. The van der Waals surface area contributed by atoms with Gasteiger partial charge < -0.3 is 24.7 Å². The van der Waals surface area contributed by atoms with Gasteiger partial charge in [0.15, 0.2) is 0 Å². The van der Waals surface area contributed by atoms with Crippen LogP contribution in [-0.2, 0) is 17.8 Å². The lowest BCUT2D eigenvalue weighted by atomic mass is 10.1. The van der Waals surface area contributed by atoms with E-state index in [0.29, 0.717) is 13.1 Å². The van der Waals surface area contributed by atoms with Crippen LogP contribution < -0.4 is 15.5 Å². The maximum atomic E-state index is 12.1. The SMILES string of the molecule is CC1CN(c2ccc(CNC(=O)NCc3ccc4occc4c3)cn2)CC(C)O1. The van der Waals surface area contributed by atoms with Crippen LogP contribution in [0.15, 0.2) is 53.3 Å². The van der Waals surface area contributed by atoms with Crippen molar-refractivity contribution in [2.75, 3.05) is 18.0 Å². The van der Waals surface area contributed by atoms with Gasteiger partial charge in [0, 0.05) is 37.8 Å². The number of urea groups is 1. The molecule has 29 heavy (non-hydrogen) atoms. The fourth-order valence-electron chi connectivity index (χ4n) is 3.63. The molecule has 2 N–H and O–H groups in total. The predicted molar refractivity (Wildman–Crippen MR) is 112 cm³/mol. The number of ether oxygens (including phenoxy) is 1. The number of hydrogen-bond donors (Lipinski definition) is 2. The molecule has 1 saturated heterocycles. The third-order valence-corrected chi connectivity index (χ3v) is 4.98. The number of nitrogens with zero attached hydrogens (tertiary/aromatic N) is 2. The molecule has 0 aliphatic carbocycles. The zero-order chi connectivity index (χ0) is 20.2. The topological polar surface area (TPSA) is 79.6 Å². The van der Waals surface area contributed by atoms with E-state index in [1.165, 1.54) is 0 Å². The number of pyridine rings is 1. The number of furan rings is 1. The lowest BCUT2D eigenvalue weighted by molar-refractivity contribution is -0.00546. The van der Waals surface area contributed by atoms with E-state index in [4.69, 9.17) is 9.15 Å². The van der Waals surface area contributed by atoms with Gasteiger partial charge in [-0.25, -0.2) is 9.78 Å². The van der Waals surface area contributed by atoms with E-state index in [2.05, 4.69) is 34.4 Å². The minimum absolute atomic E-state index is 0.194. The number of nitrogens with one attached hydrogen (secondary N) is 2. The highest BCUT2D eigenvalue weighted by atomic mass is 16.5. The van der Waals surface area contributed by atoms with Crippen molar-refractivity contribution in [2.45, 2.75) is 39.1 Å². The maximum absolute atomic E-state index is 12.1. The summed E-state index contributed by atoms with van der Waals surface area (Å²) in [5.74, 6) is 0.940. The maximum Gasteiger partial charge on any atom is 0.315 e. The molecule has 2 amide bonds. The second kappa shape index (κ2) is 8.53. The van der Waals surface area contributed by atoms with Crippen molar-refractivity contribution in [3.63, 3.8) is 0 Å². The number of carbonyl (C=O) groups is 1. The number of benzene rings is 1. The average Bonchev–Trinajstić information content (AvgIpc) is 3.18. The minimum Gasteiger partial charge on any atom is -0.464 e. The number of rotatable bonds is 5. The van der Waals surface area contributed by atoms with Crippen LogP contribution in [-0.4, -0.2) is 36.3 Å². The number of aromatic nitrogens is 1. The summed E-state index contributed by atoms with van der Waals surface area (Å²) in [6.07, 6.45) is 3.86. The van der Waals surface area contributed by atoms with Crippen LogP contribution in [0.2, 0.25) is 0 Å². The number of fused-ring (bicyclic) bond motifs is 1. The minimum atomic E-state index is -0.211. The van der Waals surface area contributed by atoms with E-state index >= 15 is 0 Å². The highest BCUT2D eigenvalue weighted by Crippen LogP contribution is 2.19. The Morgan fingerprint density at radius 2 is 1.79 bits per heavy atom. The highest BCUT2D eigenvalue weighted by molar-refractivity contribution is 5.78. The van der Waals surface area contributed by atoms with Crippen LogP contribution in [0.25, 0.3) is 11.0 Å². The smallest absolute Gasteiger partial charge is 0.315 e. The van der Waals surface area contributed by atoms with Gasteiger partial charge in [0.2, 0.25) is 0 Å². The first-order chi connectivity index (χ1) is 14.1. The second-order valence-corrected chi connectivity index (χ2v) is 7.52. The zero-order valence-electron chi connectivity index (χ0n) is 16.7. The fourth-order valence-corrected chi connectivity index (χ4v) is 3.63. The van der Waals surface area contributed by atoms with E-state index in [1.807, 2.05) is 42.6 Å². The fraction of sp³-hybridized carbons (Fsp3) is 0.364. The summed E-state index contributed by atoms with van der Waals surface area (Å²) in [5, 5.41) is 6.78. The van der Waals surface area contributed by atoms with Gasteiger partial charge in [0.25, 0.3) is 0 Å². The molecule has 1 aliphatic rings. The van der Waals surface area contributed by atoms with E-state index in [-0.39, 0.29) is 18.2 Å². The molecule has 2 aromatic heterocycles. The van der Waals surface area contributed by atoms with Crippen LogP contribution in [0, 0.1) is 0 Å². The molecule has 7 nitrogen and oxygen atoms in total. The van der Waals surface area contributed by atoms with Crippen molar-refractivity contribution in [1.82, 2.24) is 15.6 Å². The first-order valence-electron chi connectivity index (χ1n) is 9.90. The Morgan fingerprint density at radius 1 is 1.07 bits per heavy atom. The van der Waals surface area contributed by atoms with Gasteiger partial charge >= 0.3 is 6.03 Å². The van der Waals surface area contributed by atoms with E-state index in [0.717, 1.165) is 41.0 Å².